The highest BCUT2D eigenvalue weighted by atomic mass is 16.2. The summed E-state index contributed by atoms with van der Waals surface area (Å²) in [5.41, 5.74) is 6.51. The van der Waals surface area contributed by atoms with Crippen LogP contribution in [-0.4, -0.2) is 16.9 Å². The van der Waals surface area contributed by atoms with Gasteiger partial charge in [0, 0.05) is 6.20 Å². The van der Waals surface area contributed by atoms with Crippen LogP contribution >= 0.6 is 0 Å². The zero-order chi connectivity index (χ0) is 10.6. The first kappa shape index (κ1) is 10.7. The lowest BCUT2D eigenvalue weighted by Crippen LogP contribution is -2.35. The van der Waals surface area contributed by atoms with Gasteiger partial charge < -0.3 is 11.1 Å². The van der Waals surface area contributed by atoms with E-state index in [2.05, 4.69) is 10.3 Å². The molecular formula is C10H15N3O. The summed E-state index contributed by atoms with van der Waals surface area (Å²) < 4.78 is 0. The fourth-order valence-corrected chi connectivity index (χ4v) is 1.01. The Hall–Kier alpha value is -1.42. The second kappa shape index (κ2) is 4.72. The molecule has 4 heteroatoms. The van der Waals surface area contributed by atoms with E-state index in [9.17, 15) is 4.79 Å². The van der Waals surface area contributed by atoms with Crippen molar-refractivity contribution in [3.05, 3.63) is 23.9 Å². The van der Waals surface area contributed by atoms with Crippen molar-refractivity contribution in [3.63, 3.8) is 0 Å². The smallest absolute Gasteiger partial charge is 0.242 e. The number of carbonyl (C=O) groups is 1. The summed E-state index contributed by atoms with van der Waals surface area (Å²) in [6.45, 7) is 3.76. The molecule has 1 heterocycles. The van der Waals surface area contributed by atoms with Crippen molar-refractivity contribution in [1.29, 1.82) is 0 Å². The molecule has 0 aliphatic heterocycles. The average Bonchev–Trinajstić information content (AvgIpc) is 2.20. The molecule has 0 spiro atoms. The fourth-order valence-electron chi connectivity index (χ4n) is 1.01. The van der Waals surface area contributed by atoms with Crippen LogP contribution in [0.25, 0.3) is 0 Å². The third-order valence-electron chi connectivity index (χ3n) is 2.03. The second-order valence-electron chi connectivity index (χ2n) is 3.17. The van der Waals surface area contributed by atoms with E-state index in [1.807, 2.05) is 26.0 Å². The standard InChI is InChI=1S/C10H15N3O/c1-3-8(11)10(14)13-9-7(2)5-4-6-12-9/h4-6,8H,3,11H2,1-2H3,(H,12,13,14)/t8-/m1/s1. The molecule has 0 bridgehead atoms. The quantitative estimate of drug-likeness (QED) is 0.754. The van der Waals surface area contributed by atoms with E-state index in [-0.39, 0.29) is 5.91 Å². The molecule has 76 valence electrons. The van der Waals surface area contributed by atoms with Gasteiger partial charge in [-0.15, -0.1) is 0 Å². The third-order valence-corrected chi connectivity index (χ3v) is 2.03. The Morgan fingerprint density at radius 3 is 3.00 bits per heavy atom. The van der Waals surface area contributed by atoms with Gasteiger partial charge in [-0.1, -0.05) is 13.0 Å². The zero-order valence-electron chi connectivity index (χ0n) is 8.45. The molecule has 1 aromatic heterocycles. The van der Waals surface area contributed by atoms with Gasteiger partial charge in [0.1, 0.15) is 5.82 Å². The first-order chi connectivity index (χ1) is 6.65. The van der Waals surface area contributed by atoms with Crippen LogP contribution in [0, 0.1) is 6.92 Å². The highest BCUT2D eigenvalue weighted by Crippen LogP contribution is 2.09. The number of anilines is 1. The molecule has 0 radical (unpaired) electrons. The molecule has 1 rings (SSSR count). The van der Waals surface area contributed by atoms with Crippen molar-refractivity contribution in [2.45, 2.75) is 26.3 Å². The van der Waals surface area contributed by atoms with Gasteiger partial charge in [-0.3, -0.25) is 4.79 Å². The zero-order valence-corrected chi connectivity index (χ0v) is 8.45. The number of aryl methyl sites for hydroxylation is 1. The SMILES string of the molecule is CC[C@@H](N)C(=O)Nc1ncccc1C. The van der Waals surface area contributed by atoms with Crippen LogP contribution in [0.5, 0.6) is 0 Å². The van der Waals surface area contributed by atoms with Gasteiger partial charge in [-0.05, 0) is 25.0 Å². The van der Waals surface area contributed by atoms with Gasteiger partial charge in [0.2, 0.25) is 5.91 Å². The topological polar surface area (TPSA) is 68.0 Å². The highest BCUT2D eigenvalue weighted by molar-refractivity contribution is 5.94. The lowest BCUT2D eigenvalue weighted by molar-refractivity contribution is -0.117. The predicted octanol–water partition coefficient (Wildman–Crippen LogP) is 1.07. The van der Waals surface area contributed by atoms with E-state index in [0.29, 0.717) is 12.2 Å². The van der Waals surface area contributed by atoms with E-state index in [1.54, 1.807) is 6.20 Å². The Morgan fingerprint density at radius 2 is 2.43 bits per heavy atom. The molecule has 14 heavy (non-hydrogen) atoms. The molecule has 0 aliphatic rings. The van der Waals surface area contributed by atoms with E-state index >= 15 is 0 Å². The van der Waals surface area contributed by atoms with E-state index in [1.165, 1.54) is 0 Å². The first-order valence-electron chi connectivity index (χ1n) is 4.63. The van der Waals surface area contributed by atoms with Gasteiger partial charge in [0.15, 0.2) is 0 Å². The summed E-state index contributed by atoms with van der Waals surface area (Å²) >= 11 is 0. The highest BCUT2D eigenvalue weighted by Gasteiger charge is 2.12. The third kappa shape index (κ3) is 2.53. The maximum Gasteiger partial charge on any atom is 0.242 e. The van der Waals surface area contributed by atoms with Crippen molar-refractivity contribution in [3.8, 4) is 0 Å². The number of nitrogens with two attached hydrogens (primary N) is 1. The molecule has 0 saturated heterocycles. The molecule has 1 amide bonds. The lowest BCUT2D eigenvalue weighted by Gasteiger charge is -2.10. The Balaban J connectivity index is 2.70. The van der Waals surface area contributed by atoms with Gasteiger partial charge in [-0.2, -0.15) is 0 Å². The molecule has 0 saturated carbocycles. The molecule has 0 unspecified atom stereocenters. The number of rotatable bonds is 3. The van der Waals surface area contributed by atoms with E-state index < -0.39 is 6.04 Å². The van der Waals surface area contributed by atoms with Gasteiger partial charge in [0.25, 0.3) is 0 Å². The predicted molar refractivity (Wildman–Crippen MR) is 55.9 cm³/mol. The molecule has 0 aliphatic carbocycles. The second-order valence-corrected chi connectivity index (χ2v) is 3.17. The van der Waals surface area contributed by atoms with Crippen molar-refractivity contribution >= 4 is 11.7 Å². The van der Waals surface area contributed by atoms with Gasteiger partial charge >= 0.3 is 0 Å². The molecule has 1 atom stereocenters. The molecular weight excluding hydrogens is 178 g/mol. The maximum absolute atomic E-state index is 11.4. The first-order valence-corrected chi connectivity index (χ1v) is 4.63. The monoisotopic (exact) mass is 193 g/mol. The minimum atomic E-state index is -0.462. The summed E-state index contributed by atoms with van der Waals surface area (Å²) in [7, 11) is 0. The molecule has 4 nitrogen and oxygen atoms in total. The van der Waals surface area contributed by atoms with Gasteiger partial charge in [-0.25, -0.2) is 4.98 Å². The van der Waals surface area contributed by atoms with Crippen LogP contribution < -0.4 is 11.1 Å². The summed E-state index contributed by atoms with van der Waals surface area (Å²) in [5, 5.41) is 2.69. The van der Waals surface area contributed by atoms with Crippen molar-refractivity contribution in [2.24, 2.45) is 5.73 Å². The molecule has 0 fully saturated rings. The van der Waals surface area contributed by atoms with Crippen molar-refractivity contribution in [2.75, 3.05) is 5.32 Å². The molecule has 3 N–H and O–H groups in total. The Kier molecular flexibility index (Phi) is 3.59. The summed E-state index contributed by atoms with van der Waals surface area (Å²) in [6, 6.07) is 3.25. The Labute approximate surface area is 83.5 Å². The number of pyridine rings is 1. The Morgan fingerprint density at radius 1 is 1.71 bits per heavy atom. The van der Waals surface area contributed by atoms with Crippen LogP contribution in [0.2, 0.25) is 0 Å². The van der Waals surface area contributed by atoms with E-state index in [0.717, 1.165) is 5.56 Å². The number of nitrogens with zero attached hydrogens (tertiary/aromatic N) is 1. The Bertz CT molecular complexity index is 325. The maximum atomic E-state index is 11.4. The van der Waals surface area contributed by atoms with Crippen molar-refractivity contribution < 1.29 is 4.79 Å². The summed E-state index contributed by atoms with van der Waals surface area (Å²) in [5.74, 6) is 0.399. The average molecular weight is 193 g/mol. The number of aromatic nitrogens is 1. The number of amides is 1. The van der Waals surface area contributed by atoms with Crippen LogP contribution in [0.3, 0.4) is 0 Å². The summed E-state index contributed by atoms with van der Waals surface area (Å²) in [6.07, 6.45) is 2.26. The summed E-state index contributed by atoms with van der Waals surface area (Å²) in [4.78, 5) is 15.5. The largest absolute Gasteiger partial charge is 0.320 e. The van der Waals surface area contributed by atoms with Gasteiger partial charge in [0.05, 0.1) is 6.04 Å². The normalized spacial score (nSPS) is 12.2. The van der Waals surface area contributed by atoms with Crippen LogP contribution in [0.1, 0.15) is 18.9 Å². The van der Waals surface area contributed by atoms with Crippen LogP contribution in [-0.2, 0) is 4.79 Å². The molecule has 1 aromatic rings. The minimum absolute atomic E-state index is 0.186. The number of carbonyl (C=O) groups excluding carboxylic acids is 1. The van der Waals surface area contributed by atoms with Crippen molar-refractivity contribution in [1.82, 2.24) is 4.98 Å². The minimum Gasteiger partial charge on any atom is -0.320 e. The van der Waals surface area contributed by atoms with E-state index in [4.69, 9.17) is 5.73 Å². The van der Waals surface area contributed by atoms with Crippen LogP contribution in [0.15, 0.2) is 18.3 Å². The number of hydrogen-bond acceptors (Lipinski definition) is 3. The number of hydrogen-bond donors (Lipinski definition) is 2. The fraction of sp³-hybridized carbons (Fsp3) is 0.400. The van der Waals surface area contributed by atoms with Crippen LogP contribution in [0.4, 0.5) is 5.82 Å². The number of nitrogens with one attached hydrogen (secondary N) is 1. The lowest BCUT2D eigenvalue weighted by atomic mass is 10.2. The molecule has 0 aromatic carbocycles.